The first-order valence-corrected chi connectivity index (χ1v) is 11.0. The Morgan fingerprint density at radius 2 is 1.88 bits per heavy atom. The molecule has 6 rings (SSSR count). The van der Waals surface area contributed by atoms with E-state index in [1.807, 2.05) is 85.1 Å². The molecule has 3 aromatic heterocycles. The standard InChI is InChI=1S/C26H21N5O3/c32-26(17-27-25-12-13-30(29-25)19-8-2-1-3-9-19)31-21(23-11-6-14-33-23)16-20(28-31)24-15-18-7-4-5-10-22(18)34-24/h1-15,21H,16-17H2,(H,27,29). The first-order chi connectivity index (χ1) is 16.7. The van der Waals surface area contributed by atoms with Crippen molar-refractivity contribution >= 4 is 28.4 Å². The van der Waals surface area contributed by atoms with E-state index in [1.165, 1.54) is 5.01 Å². The maximum absolute atomic E-state index is 13.2. The molecule has 1 amide bonds. The Kier molecular flexibility index (Phi) is 4.95. The molecular formula is C26H21N5O3. The summed E-state index contributed by atoms with van der Waals surface area (Å²) in [6, 6.07) is 24.7. The van der Waals surface area contributed by atoms with Crippen LogP contribution in [-0.4, -0.2) is 33.0 Å². The maximum atomic E-state index is 13.2. The van der Waals surface area contributed by atoms with Crippen LogP contribution in [0.5, 0.6) is 0 Å². The second-order valence-electron chi connectivity index (χ2n) is 8.00. The third-order valence-corrected chi connectivity index (χ3v) is 5.78. The number of amides is 1. The molecule has 5 aromatic rings. The summed E-state index contributed by atoms with van der Waals surface area (Å²) in [6.45, 7) is 0.0416. The zero-order valence-corrected chi connectivity index (χ0v) is 18.2. The summed E-state index contributed by atoms with van der Waals surface area (Å²) >= 11 is 0. The molecule has 0 bridgehead atoms. The van der Waals surface area contributed by atoms with Gasteiger partial charge in [0.25, 0.3) is 5.91 Å². The third kappa shape index (κ3) is 3.75. The van der Waals surface area contributed by atoms with E-state index in [2.05, 4.69) is 15.5 Å². The molecule has 0 radical (unpaired) electrons. The van der Waals surface area contributed by atoms with E-state index < -0.39 is 0 Å². The fourth-order valence-electron chi connectivity index (χ4n) is 4.11. The number of anilines is 1. The molecule has 8 heteroatoms. The predicted molar refractivity (Wildman–Crippen MR) is 128 cm³/mol. The third-order valence-electron chi connectivity index (χ3n) is 5.78. The Labute approximate surface area is 195 Å². The van der Waals surface area contributed by atoms with Crippen LogP contribution in [0.15, 0.2) is 105 Å². The fraction of sp³-hybridized carbons (Fsp3) is 0.115. The van der Waals surface area contributed by atoms with Crippen molar-refractivity contribution in [2.24, 2.45) is 5.10 Å². The molecule has 8 nitrogen and oxygen atoms in total. The van der Waals surface area contributed by atoms with Crippen LogP contribution in [0, 0.1) is 0 Å². The van der Waals surface area contributed by atoms with Crippen LogP contribution >= 0.6 is 0 Å². The van der Waals surface area contributed by atoms with Gasteiger partial charge in [0.2, 0.25) is 0 Å². The molecule has 0 spiro atoms. The van der Waals surface area contributed by atoms with E-state index in [9.17, 15) is 4.79 Å². The molecule has 0 aliphatic carbocycles. The van der Waals surface area contributed by atoms with Crippen molar-refractivity contribution in [3.05, 3.63) is 103 Å². The maximum Gasteiger partial charge on any atom is 0.262 e. The quantitative estimate of drug-likeness (QED) is 0.392. The van der Waals surface area contributed by atoms with Crippen molar-refractivity contribution in [3.8, 4) is 5.69 Å². The molecule has 0 fully saturated rings. The van der Waals surface area contributed by atoms with Gasteiger partial charge in [-0.2, -0.15) is 10.2 Å². The lowest BCUT2D eigenvalue weighted by Gasteiger charge is -2.19. The summed E-state index contributed by atoms with van der Waals surface area (Å²) in [5, 5.41) is 14.7. The van der Waals surface area contributed by atoms with E-state index in [-0.39, 0.29) is 18.5 Å². The zero-order chi connectivity index (χ0) is 22.9. The van der Waals surface area contributed by atoms with Crippen molar-refractivity contribution in [2.75, 3.05) is 11.9 Å². The Morgan fingerprint density at radius 1 is 1.03 bits per heavy atom. The van der Waals surface area contributed by atoms with Gasteiger partial charge in [0.1, 0.15) is 28.9 Å². The van der Waals surface area contributed by atoms with E-state index in [1.54, 1.807) is 10.9 Å². The zero-order valence-electron chi connectivity index (χ0n) is 18.2. The van der Waals surface area contributed by atoms with Gasteiger partial charge in [-0.15, -0.1) is 0 Å². The minimum atomic E-state index is -0.339. The lowest BCUT2D eigenvalue weighted by molar-refractivity contribution is -0.131. The number of aromatic nitrogens is 2. The molecule has 1 atom stereocenters. The number of para-hydroxylation sites is 2. The average Bonchev–Trinajstić information content (AvgIpc) is 3.68. The van der Waals surface area contributed by atoms with E-state index in [4.69, 9.17) is 8.83 Å². The normalized spacial score (nSPS) is 15.6. The lowest BCUT2D eigenvalue weighted by Crippen LogP contribution is -2.32. The number of nitrogens with one attached hydrogen (secondary N) is 1. The van der Waals surface area contributed by atoms with Crippen molar-refractivity contribution < 1.29 is 13.6 Å². The number of furan rings is 2. The van der Waals surface area contributed by atoms with E-state index in [0.29, 0.717) is 29.5 Å². The van der Waals surface area contributed by atoms with Gasteiger partial charge < -0.3 is 14.2 Å². The smallest absolute Gasteiger partial charge is 0.262 e. The highest BCUT2D eigenvalue weighted by atomic mass is 16.3. The van der Waals surface area contributed by atoms with Crippen LogP contribution < -0.4 is 5.32 Å². The largest absolute Gasteiger partial charge is 0.467 e. The Morgan fingerprint density at radius 3 is 2.71 bits per heavy atom. The van der Waals surface area contributed by atoms with Gasteiger partial charge in [0, 0.05) is 24.1 Å². The average molecular weight is 451 g/mol. The van der Waals surface area contributed by atoms with Crippen LogP contribution in [-0.2, 0) is 4.79 Å². The summed E-state index contributed by atoms with van der Waals surface area (Å²) < 4.78 is 13.4. The number of benzene rings is 2. The number of fused-ring (bicyclic) bond motifs is 1. The molecule has 4 heterocycles. The van der Waals surface area contributed by atoms with Gasteiger partial charge in [0.05, 0.1) is 18.5 Å². The highest BCUT2D eigenvalue weighted by Gasteiger charge is 2.35. The van der Waals surface area contributed by atoms with Crippen molar-refractivity contribution in [1.29, 1.82) is 0 Å². The van der Waals surface area contributed by atoms with Crippen molar-refractivity contribution in [3.63, 3.8) is 0 Å². The number of carbonyl (C=O) groups excluding carboxylic acids is 1. The molecule has 34 heavy (non-hydrogen) atoms. The number of nitrogens with zero attached hydrogens (tertiary/aromatic N) is 4. The Balaban J connectivity index is 1.22. The number of hydrogen-bond donors (Lipinski definition) is 1. The van der Waals surface area contributed by atoms with Gasteiger partial charge in [-0.1, -0.05) is 36.4 Å². The Bertz CT molecular complexity index is 1430. The van der Waals surface area contributed by atoms with E-state index >= 15 is 0 Å². The van der Waals surface area contributed by atoms with Crippen LogP contribution in [0.1, 0.15) is 24.0 Å². The Hall–Kier alpha value is -4.59. The van der Waals surface area contributed by atoms with Crippen LogP contribution in [0.25, 0.3) is 16.7 Å². The predicted octanol–water partition coefficient (Wildman–Crippen LogP) is 5.00. The molecule has 0 saturated heterocycles. The summed E-state index contributed by atoms with van der Waals surface area (Å²) in [5.74, 6) is 1.74. The number of hydrogen-bond acceptors (Lipinski definition) is 6. The van der Waals surface area contributed by atoms with Gasteiger partial charge >= 0.3 is 0 Å². The number of hydrazone groups is 1. The number of rotatable bonds is 6. The first-order valence-electron chi connectivity index (χ1n) is 11.0. The van der Waals surface area contributed by atoms with Gasteiger partial charge in [-0.25, -0.2) is 9.69 Å². The summed E-state index contributed by atoms with van der Waals surface area (Å²) in [7, 11) is 0. The molecule has 0 saturated carbocycles. The summed E-state index contributed by atoms with van der Waals surface area (Å²) in [6.07, 6.45) is 3.95. The molecule has 1 unspecified atom stereocenters. The van der Waals surface area contributed by atoms with E-state index in [0.717, 1.165) is 16.7 Å². The second-order valence-corrected chi connectivity index (χ2v) is 8.00. The highest BCUT2D eigenvalue weighted by molar-refractivity contribution is 6.03. The summed E-state index contributed by atoms with van der Waals surface area (Å²) in [5.41, 5.74) is 2.44. The fourth-order valence-corrected chi connectivity index (χ4v) is 4.11. The molecule has 1 aliphatic rings. The molecule has 1 N–H and O–H groups in total. The molecular weight excluding hydrogens is 430 g/mol. The topological polar surface area (TPSA) is 88.8 Å². The molecule has 2 aromatic carbocycles. The van der Waals surface area contributed by atoms with Gasteiger partial charge in [-0.05, 0) is 36.4 Å². The SMILES string of the molecule is O=C(CNc1ccn(-c2ccccc2)n1)N1N=C(c2cc3ccccc3o2)CC1c1ccco1. The van der Waals surface area contributed by atoms with Gasteiger partial charge in [0.15, 0.2) is 5.76 Å². The summed E-state index contributed by atoms with van der Waals surface area (Å²) in [4.78, 5) is 13.2. The highest BCUT2D eigenvalue weighted by Crippen LogP contribution is 2.34. The van der Waals surface area contributed by atoms with Crippen LogP contribution in [0.2, 0.25) is 0 Å². The van der Waals surface area contributed by atoms with Gasteiger partial charge in [-0.3, -0.25) is 4.79 Å². The molecule has 168 valence electrons. The second kappa shape index (κ2) is 8.40. The van der Waals surface area contributed by atoms with Crippen molar-refractivity contribution in [2.45, 2.75) is 12.5 Å². The molecule has 1 aliphatic heterocycles. The minimum absolute atomic E-state index is 0.0416. The lowest BCUT2D eigenvalue weighted by atomic mass is 10.1. The number of carbonyl (C=O) groups is 1. The first kappa shape index (κ1) is 20.0. The van der Waals surface area contributed by atoms with Crippen LogP contribution in [0.3, 0.4) is 0 Å². The minimum Gasteiger partial charge on any atom is -0.467 e. The van der Waals surface area contributed by atoms with Crippen molar-refractivity contribution in [1.82, 2.24) is 14.8 Å². The van der Waals surface area contributed by atoms with Crippen LogP contribution in [0.4, 0.5) is 5.82 Å². The monoisotopic (exact) mass is 451 g/mol.